The van der Waals surface area contributed by atoms with Crippen molar-refractivity contribution in [2.24, 2.45) is 0 Å². The van der Waals surface area contributed by atoms with Crippen molar-refractivity contribution in [2.75, 3.05) is 26.2 Å². The van der Waals surface area contributed by atoms with Gasteiger partial charge in [-0.05, 0) is 41.5 Å². The summed E-state index contributed by atoms with van der Waals surface area (Å²) in [4.78, 5) is 49.6. The molecule has 2 N–H and O–H groups in total. The highest BCUT2D eigenvalue weighted by molar-refractivity contribution is 5.82. The highest BCUT2D eigenvalue weighted by Gasteiger charge is 2.29. The van der Waals surface area contributed by atoms with Gasteiger partial charge in [-0.1, -0.05) is 0 Å². The topological polar surface area (TPSA) is 123 Å². The molecule has 0 aromatic heterocycles. The molecule has 0 saturated heterocycles. The van der Waals surface area contributed by atoms with Crippen LogP contribution in [-0.2, 0) is 19.1 Å². The molecular formula is C24H32F5N3O7. The highest BCUT2D eigenvalue weighted by atomic mass is 19.2. The number of nitrogens with zero attached hydrogens (tertiary/aromatic N) is 1. The average Bonchev–Trinajstić information content (AvgIpc) is 2.79. The van der Waals surface area contributed by atoms with E-state index in [0.717, 1.165) is 4.90 Å². The number of halogens is 5. The fourth-order valence-corrected chi connectivity index (χ4v) is 2.78. The van der Waals surface area contributed by atoms with Crippen LogP contribution in [0.2, 0.25) is 0 Å². The third-order valence-electron chi connectivity index (χ3n) is 4.38. The summed E-state index contributed by atoms with van der Waals surface area (Å²) in [5.74, 6) is -15.6. The van der Waals surface area contributed by atoms with Crippen LogP contribution in [0.4, 0.5) is 31.5 Å². The number of ether oxygens (including phenoxy) is 3. The van der Waals surface area contributed by atoms with E-state index in [1.165, 1.54) is 0 Å². The predicted octanol–water partition coefficient (Wildman–Crippen LogP) is 3.95. The number of carbonyl (C=O) groups is 4. The molecule has 15 heteroatoms. The molecule has 0 fully saturated rings. The minimum absolute atomic E-state index is 0.0813. The van der Waals surface area contributed by atoms with Gasteiger partial charge in [-0.25, -0.2) is 22.8 Å². The second-order valence-corrected chi connectivity index (χ2v) is 10.1. The van der Waals surface area contributed by atoms with Crippen LogP contribution < -0.4 is 15.4 Å². The van der Waals surface area contributed by atoms with Crippen molar-refractivity contribution in [1.82, 2.24) is 15.5 Å². The minimum atomic E-state index is -2.42. The molecule has 1 aromatic rings. The number of nitrogens with one attached hydrogen (secondary N) is 2. The van der Waals surface area contributed by atoms with E-state index in [4.69, 9.17) is 9.47 Å². The van der Waals surface area contributed by atoms with Crippen molar-refractivity contribution in [3.8, 4) is 5.75 Å². The van der Waals surface area contributed by atoms with Crippen molar-refractivity contribution in [3.63, 3.8) is 0 Å². The van der Waals surface area contributed by atoms with Gasteiger partial charge in [0.15, 0.2) is 0 Å². The summed E-state index contributed by atoms with van der Waals surface area (Å²) in [5, 5.41) is 4.87. The zero-order valence-electron chi connectivity index (χ0n) is 22.4. The summed E-state index contributed by atoms with van der Waals surface area (Å²) in [6.07, 6.45) is -2.89. The third-order valence-corrected chi connectivity index (χ3v) is 4.38. The number of alkyl carbamates (subject to hydrolysis) is 2. The lowest BCUT2D eigenvalue weighted by Gasteiger charge is -2.25. The first kappa shape index (κ1) is 33.4. The SMILES string of the molecule is CC(C)(C)OC(=O)NCCN(CCNC(=O)OC(C)(C)C)C(=O)CCC(=O)Oc1c(F)c(F)c(F)c(F)c1F. The van der Waals surface area contributed by atoms with Crippen LogP contribution in [0.5, 0.6) is 5.75 Å². The summed E-state index contributed by atoms with van der Waals surface area (Å²) < 4.78 is 81.7. The molecule has 0 atom stereocenters. The molecule has 1 rings (SSSR count). The van der Waals surface area contributed by atoms with E-state index in [1.54, 1.807) is 41.5 Å². The molecule has 0 bridgehead atoms. The number of esters is 1. The van der Waals surface area contributed by atoms with Crippen LogP contribution in [0.25, 0.3) is 0 Å². The van der Waals surface area contributed by atoms with Crippen LogP contribution in [0, 0.1) is 29.1 Å². The number of carbonyl (C=O) groups excluding carboxylic acids is 4. The summed E-state index contributed by atoms with van der Waals surface area (Å²) in [7, 11) is 0. The van der Waals surface area contributed by atoms with Crippen LogP contribution in [-0.4, -0.2) is 66.3 Å². The van der Waals surface area contributed by atoms with Crippen molar-refractivity contribution in [1.29, 1.82) is 0 Å². The van der Waals surface area contributed by atoms with Crippen molar-refractivity contribution < 1.29 is 55.3 Å². The zero-order chi connectivity index (χ0) is 30.1. The maximum Gasteiger partial charge on any atom is 0.407 e. The van der Waals surface area contributed by atoms with E-state index in [0.29, 0.717) is 0 Å². The Morgan fingerprint density at radius 1 is 0.667 bits per heavy atom. The first-order valence-electron chi connectivity index (χ1n) is 11.8. The molecule has 0 radical (unpaired) electrons. The Labute approximate surface area is 222 Å². The Balaban J connectivity index is 2.80. The molecule has 0 aliphatic carbocycles. The van der Waals surface area contributed by atoms with Gasteiger partial charge in [0.2, 0.25) is 40.7 Å². The summed E-state index contributed by atoms with van der Waals surface area (Å²) in [6, 6.07) is 0. The molecule has 0 unspecified atom stereocenters. The smallest absolute Gasteiger partial charge is 0.407 e. The van der Waals surface area contributed by atoms with Crippen LogP contribution in [0.3, 0.4) is 0 Å². The molecule has 220 valence electrons. The molecule has 1 aromatic carbocycles. The number of rotatable bonds is 10. The van der Waals surface area contributed by atoms with E-state index in [1.807, 2.05) is 0 Å². The number of hydrogen-bond acceptors (Lipinski definition) is 7. The van der Waals surface area contributed by atoms with E-state index < -0.39 is 82.9 Å². The van der Waals surface area contributed by atoms with E-state index in [2.05, 4.69) is 15.4 Å². The third kappa shape index (κ3) is 11.7. The normalized spacial score (nSPS) is 11.5. The Hall–Kier alpha value is -3.65. The van der Waals surface area contributed by atoms with Gasteiger partial charge in [0.25, 0.3) is 0 Å². The Bertz CT molecular complexity index is 1010. The lowest BCUT2D eigenvalue weighted by molar-refractivity contribution is -0.139. The second kappa shape index (κ2) is 13.9. The minimum Gasteiger partial charge on any atom is -0.444 e. The van der Waals surface area contributed by atoms with Gasteiger partial charge in [-0.3, -0.25) is 9.59 Å². The van der Waals surface area contributed by atoms with Gasteiger partial charge in [0, 0.05) is 32.6 Å². The van der Waals surface area contributed by atoms with Gasteiger partial charge in [-0.15, -0.1) is 0 Å². The largest absolute Gasteiger partial charge is 0.444 e. The van der Waals surface area contributed by atoms with Gasteiger partial charge in [0.1, 0.15) is 11.2 Å². The first-order valence-corrected chi connectivity index (χ1v) is 11.8. The standard InChI is InChI=1S/C24H32F5N3O7/c1-23(2,3)38-21(35)30-9-11-32(12-10-31-22(36)39-24(4,5)6)13(33)7-8-14(34)37-20-18(28)16(26)15(25)17(27)19(20)29/h7-12H2,1-6H3,(H,30,35)(H,31,36). The van der Waals surface area contributed by atoms with Gasteiger partial charge < -0.3 is 29.7 Å². The average molecular weight is 570 g/mol. The Kier molecular flexibility index (Phi) is 11.9. The highest BCUT2D eigenvalue weighted by Crippen LogP contribution is 2.29. The van der Waals surface area contributed by atoms with E-state index in [-0.39, 0.29) is 26.2 Å². The molecule has 0 heterocycles. The maximum absolute atomic E-state index is 13.7. The van der Waals surface area contributed by atoms with Gasteiger partial charge in [-0.2, -0.15) is 8.78 Å². The summed E-state index contributed by atoms with van der Waals surface area (Å²) in [6.45, 7) is 9.54. The van der Waals surface area contributed by atoms with E-state index >= 15 is 0 Å². The molecule has 3 amide bonds. The molecule has 39 heavy (non-hydrogen) atoms. The number of amides is 3. The number of hydrogen-bond donors (Lipinski definition) is 2. The Morgan fingerprint density at radius 2 is 1.05 bits per heavy atom. The van der Waals surface area contributed by atoms with Crippen molar-refractivity contribution in [3.05, 3.63) is 29.1 Å². The molecule has 10 nitrogen and oxygen atoms in total. The molecule has 0 aliphatic heterocycles. The van der Waals surface area contributed by atoms with Crippen LogP contribution in [0.15, 0.2) is 0 Å². The molecule has 0 aliphatic rings. The monoisotopic (exact) mass is 569 g/mol. The number of benzene rings is 1. The lowest BCUT2D eigenvalue weighted by Crippen LogP contribution is -2.44. The maximum atomic E-state index is 13.7. The fraction of sp³-hybridized carbons (Fsp3) is 0.583. The van der Waals surface area contributed by atoms with E-state index in [9.17, 15) is 41.1 Å². The second-order valence-electron chi connectivity index (χ2n) is 10.1. The predicted molar refractivity (Wildman–Crippen MR) is 126 cm³/mol. The Morgan fingerprint density at radius 3 is 1.44 bits per heavy atom. The van der Waals surface area contributed by atoms with Crippen molar-refractivity contribution >= 4 is 24.1 Å². The lowest BCUT2D eigenvalue weighted by atomic mass is 10.2. The molecular weight excluding hydrogens is 537 g/mol. The van der Waals surface area contributed by atoms with Gasteiger partial charge >= 0.3 is 18.2 Å². The fourth-order valence-electron chi connectivity index (χ4n) is 2.78. The summed E-state index contributed by atoms with van der Waals surface area (Å²) >= 11 is 0. The molecule has 0 spiro atoms. The van der Waals surface area contributed by atoms with Gasteiger partial charge in [0.05, 0.1) is 6.42 Å². The van der Waals surface area contributed by atoms with Crippen LogP contribution >= 0.6 is 0 Å². The quantitative estimate of drug-likeness (QED) is 0.144. The molecule has 0 saturated carbocycles. The first-order chi connectivity index (χ1) is 17.8. The van der Waals surface area contributed by atoms with Crippen molar-refractivity contribution in [2.45, 2.75) is 65.6 Å². The summed E-state index contributed by atoms with van der Waals surface area (Å²) in [5.41, 5.74) is -1.54. The van der Waals surface area contributed by atoms with Crippen LogP contribution in [0.1, 0.15) is 54.4 Å². The zero-order valence-corrected chi connectivity index (χ0v) is 22.4.